The summed E-state index contributed by atoms with van der Waals surface area (Å²) in [5.74, 6) is -0.495. The number of hydrogen-bond donors (Lipinski definition) is 1. The molecule has 0 amide bonds. The van der Waals surface area contributed by atoms with Crippen molar-refractivity contribution in [2.24, 2.45) is 0 Å². The van der Waals surface area contributed by atoms with Crippen molar-refractivity contribution < 1.29 is 19.1 Å². The fourth-order valence-electron chi connectivity index (χ4n) is 2.81. The Morgan fingerprint density at radius 2 is 2.11 bits per heavy atom. The first kappa shape index (κ1) is 18.4. The lowest BCUT2D eigenvalue weighted by atomic mass is 10.0. The average Bonchev–Trinajstić information content (AvgIpc) is 3.36. The lowest BCUT2D eigenvalue weighted by Crippen LogP contribution is -2.08. The Labute approximate surface area is 167 Å². The maximum atomic E-state index is 12.4. The van der Waals surface area contributed by atoms with Crippen LogP contribution >= 0.6 is 22.7 Å². The summed E-state index contributed by atoms with van der Waals surface area (Å²) in [6.07, 6.45) is 0.616. The van der Waals surface area contributed by atoms with Crippen LogP contribution in [0.5, 0.6) is 5.75 Å². The Morgan fingerprint density at radius 1 is 1.25 bits per heavy atom. The van der Waals surface area contributed by atoms with Gasteiger partial charge < -0.3 is 14.3 Å². The molecule has 0 fully saturated rings. The van der Waals surface area contributed by atoms with Crippen LogP contribution in [0.3, 0.4) is 0 Å². The van der Waals surface area contributed by atoms with Gasteiger partial charge in [0.1, 0.15) is 22.9 Å². The van der Waals surface area contributed by atoms with Crippen LogP contribution in [0, 0.1) is 0 Å². The van der Waals surface area contributed by atoms with Gasteiger partial charge in [0, 0.05) is 28.5 Å². The average molecular weight is 413 g/mol. The van der Waals surface area contributed by atoms with Crippen molar-refractivity contribution in [3.63, 3.8) is 0 Å². The van der Waals surface area contributed by atoms with Crippen LogP contribution in [-0.2, 0) is 17.8 Å². The Hall–Kier alpha value is -2.97. The lowest BCUT2D eigenvalue weighted by Gasteiger charge is -2.09. The number of aryl methyl sites for hydroxylation is 1. The Morgan fingerprint density at radius 3 is 2.86 bits per heavy atom. The second kappa shape index (κ2) is 7.57. The smallest absolute Gasteiger partial charge is 0.358 e. The standard InChI is InChI=1S/C20H15NO5S2/c1-2-11-6-13-12(7-18(23)26-16(13)8-15(11)22)9-25-20(24)14-10-28-19(21-14)17-4-3-5-27-17/h3-8,10,22H,2,9H2,1H3. The van der Waals surface area contributed by atoms with Crippen molar-refractivity contribution in [2.75, 3.05) is 0 Å². The largest absolute Gasteiger partial charge is 0.508 e. The third-order valence-corrected chi connectivity index (χ3v) is 6.10. The molecule has 4 rings (SSSR count). The molecule has 28 heavy (non-hydrogen) atoms. The molecule has 8 heteroatoms. The minimum absolute atomic E-state index is 0.0656. The van der Waals surface area contributed by atoms with E-state index in [0.29, 0.717) is 22.9 Å². The molecular weight excluding hydrogens is 398 g/mol. The monoisotopic (exact) mass is 413 g/mol. The van der Waals surface area contributed by atoms with Gasteiger partial charge in [-0.05, 0) is 29.5 Å². The molecule has 3 heterocycles. The lowest BCUT2D eigenvalue weighted by molar-refractivity contribution is 0.0468. The predicted octanol–water partition coefficient (Wildman–Crippen LogP) is 4.60. The van der Waals surface area contributed by atoms with Gasteiger partial charge in [0.15, 0.2) is 5.69 Å². The van der Waals surface area contributed by atoms with Crippen molar-refractivity contribution in [3.8, 4) is 15.6 Å². The number of aromatic hydroxyl groups is 1. The van der Waals surface area contributed by atoms with Crippen LogP contribution in [0.15, 0.2) is 50.3 Å². The number of aromatic nitrogens is 1. The van der Waals surface area contributed by atoms with E-state index in [2.05, 4.69) is 4.98 Å². The van der Waals surface area contributed by atoms with Gasteiger partial charge >= 0.3 is 11.6 Å². The van der Waals surface area contributed by atoms with E-state index in [-0.39, 0.29) is 23.6 Å². The molecule has 0 radical (unpaired) electrons. The van der Waals surface area contributed by atoms with Gasteiger partial charge in [0.2, 0.25) is 0 Å². The molecule has 0 spiro atoms. The Kier molecular flexibility index (Phi) is 4.97. The fourth-order valence-corrected chi connectivity index (χ4v) is 4.41. The predicted molar refractivity (Wildman–Crippen MR) is 108 cm³/mol. The van der Waals surface area contributed by atoms with Gasteiger partial charge in [0.25, 0.3) is 0 Å². The van der Waals surface area contributed by atoms with Gasteiger partial charge in [0.05, 0.1) is 4.88 Å². The third kappa shape index (κ3) is 3.56. The van der Waals surface area contributed by atoms with Crippen LogP contribution in [0.2, 0.25) is 0 Å². The van der Waals surface area contributed by atoms with Crippen molar-refractivity contribution in [1.29, 1.82) is 0 Å². The molecule has 1 aromatic carbocycles. The van der Waals surface area contributed by atoms with Crippen LogP contribution in [0.4, 0.5) is 0 Å². The SMILES string of the molecule is CCc1cc2c(COC(=O)c3csc(-c4cccs4)n3)cc(=O)oc2cc1O. The Bertz CT molecular complexity index is 1210. The number of phenolic OH excluding ortho intramolecular Hbond substituents is 1. The summed E-state index contributed by atoms with van der Waals surface area (Å²) < 4.78 is 10.5. The number of thiazole rings is 1. The molecule has 4 aromatic rings. The first-order valence-electron chi connectivity index (χ1n) is 8.50. The fraction of sp³-hybridized carbons (Fsp3) is 0.150. The molecule has 0 bridgehead atoms. The molecule has 3 aromatic heterocycles. The molecular formula is C20H15NO5S2. The second-order valence-electron chi connectivity index (χ2n) is 6.01. The van der Waals surface area contributed by atoms with Gasteiger partial charge in [-0.25, -0.2) is 14.6 Å². The summed E-state index contributed by atoms with van der Waals surface area (Å²) in [6.45, 7) is 1.81. The van der Waals surface area contributed by atoms with E-state index in [9.17, 15) is 14.7 Å². The van der Waals surface area contributed by atoms with Gasteiger partial charge in [-0.2, -0.15) is 0 Å². The first-order chi connectivity index (χ1) is 13.5. The van der Waals surface area contributed by atoms with Crippen LogP contribution < -0.4 is 5.63 Å². The molecule has 0 aliphatic rings. The summed E-state index contributed by atoms with van der Waals surface area (Å²) in [6, 6.07) is 8.32. The third-order valence-electron chi connectivity index (χ3n) is 4.21. The van der Waals surface area contributed by atoms with Crippen molar-refractivity contribution in [2.45, 2.75) is 20.0 Å². The van der Waals surface area contributed by atoms with E-state index < -0.39 is 11.6 Å². The molecule has 142 valence electrons. The minimum Gasteiger partial charge on any atom is -0.508 e. The van der Waals surface area contributed by atoms with Crippen molar-refractivity contribution in [3.05, 3.63) is 68.3 Å². The highest BCUT2D eigenvalue weighted by molar-refractivity contribution is 7.20. The highest BCUT2D eigenvalue weighted by Gasteiger charge is 2.16. The normalized spacial score (nSPS) is 11.0. The molecule has 0 unspecified atom stereocenters. The quantitative estimate of drug-likeness (QED) is 0.380. The maximum Gasteiger partial charge on any atom is 0.358 e. The molecule has 6 nitrogen and oxygen atoms in total. The number of phenols is 1. The number of benzene rings is 1. The number of nitrogens with zero attached hydrogens (tertiary/aromatic N) is 1. The number of carbonyl (C=O) groups is 1. The first-order valence-corrected chi connectivity index (χ1v) is 10.3. The van der Waals surface area contributed by atoms with Gasteiger partial charge in [-0.3, -0.25) is 0 Å². The van der Waals surface area contributed by atoms with Crippen LogP contribution in [0.25, 0.3) is 20.9 Å². The van der Waals surface area contributed by atoms with E-state index in [1.54, 1.807) is 22.8 Å². The number of ether oxygens (including phenoxy) is 1. The number of thiophene rings is 1. The number of carbonyl (C=O) groups excluding carboxylic acids is 1. The zero-order chi connectivity index (χ0) is 19.7. The zero-order valence-electron chi connectivity index (χ0n) is 14.8. The maximum absolute atomic E-state index is 12.4. The van der Waals surface area contributed by atoms with Crippen molar-refractivity contribution in [1.82, 2.24) is 4.98 Å². The molecule has 0 atom stereocenters. The second-order valence-corrected chi connectivity index (χ2v) is 7.82. The molecule has 0 aliphatic carbocycles. The van der Waals surface area contributed by atoms with Gasteiger partial charge in [-0.15, -0.1) is 22.7 Å². The molecule has 1 N–H and O–H groups in total. The summed E-state index contributed by atoms with van der Waals surface area (Å²) in [7, 11) is 0. The highest BCUT2D eigenvalue weighted by atomic mass is 32.1. The molecule has 0 aliphatic heterocycles. The van der Waals surface area contributed by atoms with Crippen molar-refractivity contribution >= 4 is 39.6 Å². The number of esters is 1. The molecule has 0 saturated carbocycles. The summed E-state index contributed by atoms with van der Waals surface area (Å²) in [5.41, 5.74) is 1.14. The van der Waals surface area contributed by atoms with Crippen LogP contribution in [0.1, 0.15) is 28.5 Å². The Balaban J connectivity index is 1.58. The minimum atomic E-state index is -0.573. The van der Waals surface area contributed by atoms with E-state index >= 15 is 0 Å². The van der Waals surface area contributed by atoms with E-state index in [4.69, 9.17) is 9.15 Å². The van der Waals surface area contributed by atoms with E-state index in [1.807, 2.05) is 24.4 Å². The zero-order valence-corrected chi connectivity index (χ0v) is 16.4. The topological polar surface area (TPSA) is 89.6 Å². The number of fused-ring (bicyclic) bond motifs is 1. The number of rotatable bonds is 5. The summed E-state index contributed by atoms with van der Waals surface area (Å²) in [5, 5.41) is 15.0. The van der Waals surface area contributed by atoms with E-state index in [0.717, 1.165) is 9.88 Å². The highest BCUT2D eigenvalue weighted by Crippen LogP contribution is 2.29. The van der Waals surface area contributed by atoms with Crippen LogP contribution in [-0.4, -0.2) is 16.1 Å². The van der Waals surface area contributed by atoms with E-state index in [1.165, 1.54) is 23.5 Å². The van der Waals surface area contributed by atoms with Gasteiger partial charge in [-0.1, -0.05) is 13.0 Å². The summed E-state index contributed by atoms with van der Waals surface area (Å²) in [4.78, 5) is 29.5. The number of hydrogen-bond acceptors (Lipinski definition) is 8. The summed E-state index contributed by atoms with van der Waals surface area (Å²) >= 11 is 2.92. The molecule has 0 saturated heterocycles.